The quantitative estimate of drug-likeness (QED) is 0.747. The van der Waals surface area contributed by atoms with Gasteiger partial charge in [0, 0.05) is 18.9 Å². The van der Waals surface area contributed by atoms with E-state index in [9.17, 15) is 18.0 Å². The molecule has 1 atom stereocenters. The monoisotopic (exact) mass is 371 g/mol. The Morgan fingerprint density at radius 2 is 1.76 bits per heavy atom. The molecule has 1 aromatic heterocycles. The summed E-state index contributed by atoms with van der Waals surface area (Å²) < 4.78 is 27.7. The molecule has 0 radical (unpaired) electrons. The number of likely N-dealkylation sites (tertiary alicyclic amines) is 1. The number of carbonyl (C=O) groups is 2. The minimum atomic E-state index is -2.90. The van der Waals surface area contributed by atoms with Crippen LogP contribution in [0.4, 0.5) is 11.6 Å². The van der Waals surface area contributed by atoms with Crippen LogP contribution in [-0.2, 0) is 19.4 Å². The van der Waals surface area contributed by atoms with Crippen molar-refractivity contribution >= 4 is 33.3 Å². The second-order valence-corrected chi connectivity index (χ2v) is 8.73. The molecule has 2 saturated heterocycles. The molecule has 0 bridgehead atoms. The molecule has 2 fully saturated rings. The second-order valence-electron chi connectivity index (χ2n) is 6.50. The Bertz CT molecular complexity index is 753. The summed E-state index contributed by atoms with van der Waals surface area (Å²) in [6, 6.07) is 0.0696. The molecule has 0 spiro atoms. The molecule has 1 aromatic rings. The first-order chi connectivity index (χ1) is 11.8. The summed E-state index contributed by atoms with van der Waals surface area (Å²) in [6.07, 6.45) is 1.95. The molecule has 0 saturated carbocycles. The van der Waals surface area contributed by atoms with Gasteiger partial charge < -0.3 is 10.6 Å². The van der Waals surface area contributed by atoms with Crippen molar-refractivity contribution in [2.75, 3.05) is 35.2 Å². The number of sulfone groups is 1. The summed E-state index contributed by atoms with van der Waals surface area (Å²) >= 11 is 0. The van der Waals surface area contributed by atoms with Gasteiger partial charge in [-0.1, -0.05) is 0 Å². The van der Waals surface area contributed by atoms with Crippen LogP contribution in [0, 0.1) is 5.92 Å². The molecule has 2 aliphatic heterocycles. The molecule has 2 N–H and O–H groups in total. The van der Waals surface area contributed by atoms with Crippen LogP contribution in [0.25, 0.3) is 0 Å². The number of nitrogens with one attached hydrogen (secondary N) is 2. The third-order valence-corrected chi connectivity index (χ3v) is 6.40. The van der Waals surface area contributed by atoms with E-state index >= 15 is 0 Å². The van der Waals surface area contributed by atoms with Gasteiger partial charge in [0.25, 0.3) is 0 Å². The van der Waals surface area contributed by atoms with Crippen LogP contribution in [0.5, 0.6) is 0 Å². The fourth-order valence-corrected chi connectivity index (χ4v) is 5.09. The normalized spacial score (nSPS) is 24.1. The zero-order valence-corrected chi connectivity index (χ0v) is 14.7. The Morgan fingerprint density at radius 3 is 2.32 bits per heavy atom. The number of anilines is 2. The first-order valence-electron chi connectivity index (χ1n) is 8.19. The average molecular weight is 371 g/mol. The molecule has 0 aliphatic carbocycles. The summed E-state index contributed by atoms with van der Waals surface area (Å²) in [5.74, 6) is -0.111. The van der Waals surface area contributed by atoms with Crippen molar-refractivity contribution in [3.63, 3.8) is 0 Å². The lowest BCUT2D eigenvalue weighted by atomic mass is 9.94. The average Bonchev–Trinajstić information content (AvgIpc) is 3.13. The van der Waals surface area contributed by atoms with Crippen LogP contribution in [0.3, 0.4) is 0 Å². The summed E-state index contributed by atoms with van der Waals surface area (Å²) in [5, 5.41) is 12.2. The minimum absolute atomic E-state index is 0.0696. The number of amides is 2. The number of rotatable bonds is 4. The van der Waals surface area contributed by atoms with E-state index in [-0.39, 0.29) is 46.9 Å². The molecule has 3 heterocycles. The van der Waals surface area contributed by atoms with E-state index in [0.717, 1.165) is 0 Å². The second kappa shape index (κ2) is 7.08. The summed E-state index contributed by atoms with van der Waals surface area (Å²) in [7, 11) is -2.90. The smallest absolute Gasteiger partial charge is 0.228 e. The predicted octanol–water partition coefficient (Wildman–Crippen LogP) is -0.134. The Hall–Kier alpha value is -2.01. The molecule has 0 aromatic carbocycles. The van der Waals surface area contributed by atoms with E-state index in [0.29, 0.717) is 32.4 Å². The number of hydrogen-bond donors (Lipinski definition) is 2. The number of carbonyl (C=O) groups excluding carboxylic acids is 2. The van der Waals surface area contributed by atoms with Crippen LogP contribution in [0.2, 0.25) is 0 Å². The van der Waals surface area contributed by atoms with E-state index in [1.165, 1.54) is 6.92 Å². The molecule has 2 aliphatic rings. The van der Waals surface area contributed by atoms with Gasteiger partial charge in [0.1, 0.15) is 0 Å². The van der Waals surface area contributed by atoms with E-state index < -0.39 is 9.84 Å². The maximum absolute atomic E-state index is 12.4. The van der Waals surface area contributed by atoms with Crippen LogP contribution >= 0.6 is 0 Å². The van der Waals surface area contributed by atoms with E-state index in [2.05, 4.69) is 30.5 Å². The van der Waals surface area contributed by atoms with Crippen LogP contribution in [0.1, 0.15) is 26.2 Å². The standard InChI is InChI=1S/C14H21N5O5S/c1-9(20)15-12-13(18-24-17-12)16-14(21)10-2-5-19(6-3-10)11-4-7-25(22,23)8-11/h10-11H,2-8H2,1H3,(H,15,17,20)(H,16,18,21). The first-order valence-corrected chi connectivity index (χ1v) is 10.0. The van der Waals surface area contributed by atoms with Gasteiger partial charge in [-0.05, 0) is 42.7 Å². The van der Waals surface area contributed by atoms with Gasteiger partial charge in [-0.2, -0.15) is 0 Å². The van der Waals surface area contributed by atoms with Gasteiger partial charge in [0.15, 0.2) is 9.84 Å². The zero-order valence-electron chi connectivity index (χ0n) is 13.9. The molecule has 1 unspecified atom stereocenters. The van der Waals surface area contributed by atoms with Crippen molar-refractivity contribution < 1.29 is 22.6 Å². The lowest BCUT2D eigenvalue weighted by Crippen LogP contribution is -2.44. The molecule has 25 heavy (non-hydrogen) atoms. The summed E-state index contributed by atoms with van der Waals surface area (Å²) in [6.45, 7) is 2.70. The van der Waals surface area contributed by atoms with E-state index in [1.54, 1.807) is 0 Å². The van der Waals surface area contributed by atoms with Gasteiger partial charge in [0.05, 0.1) is 11.5 Å². The number of nitrogens with zero attached hydrogens (tertiary/aromatic N) is 3. The van der Waals surface area contributed by atoms with Crippen LogP contribution < -0.4 is 10.6 Å². The topological polar surface area (TPSA) is 134 Å². The number of hydrogen-bond acceptors (Lipinski definition) is 8. The molecule has 138 valence electrons. The predicted molar refractivity (Wildman–Crippen MR) is 88.6 cm³/mol. The molecular weight excluding hydrogens is 350 g/mol. The maximum atomic E-state index is 12.4. The van der Waals surface area contributed by atoms with Gasteiger partial charge in [-0.25, -0.2) is 13.0 Å². The highest BCUT2D eigenvalue weighted by molar-refractivity contribution is 7.91. The minimum Gasteiger partial charge on any atom is -0.305 e. The van der Waals surface area contributed by atoms with Crippen molar-refractivity contribution in [2.24, 2.45) is 5.92 Å². The Kier molecular flexibility index (Phi) is 5.04. The third-order valence-electron chi connectivity index (χ3n) is 4.65. The van der Waals surface area contributed by atoms with Crippen LogP contribution in [0.15, 0.2) is 4.63 Å². The van der Waals surface area contributed by atoms with Crippen molar-refractivity contribution in [3.8, 4) is 0 Å². The van der Waals surface area contributed by atoms with E-state index in [1.807, 2.05) is 0 Å². The van der Waals surface area contributed by atoms with Gasteiger partial charge >= 0.3 is 0 Å². The Morgan fingerprint density at radius 1 is 1.12 bits per heavy atom. The van der Waals surface area contributed by atoms with Crippen LogP contribution in [-0.4, -0.2) is 66.1 Å². The zero-order chi connectivity index (χ0) is 18.0. The maximum Gasteiger partial charge on any atom is 0.228 e. The highest BCUT2D eigenvalue weighted by Crippen LogP contribution is 2.26. The van der Waals surface area contributed by atoms with Gasteiger partial charge in [-0.3, -0.25) is 14.5 Å². The Balaban J connectivity index is 1.52. The van der Waals surface area contributed by atoms with Crippen molar-refractivity contribution in [3.05, 3.63) is 0 Å². The largest absolute Gasteiger partial charge is 0.305 e. The summed E-state index contributed by atoms with van der Waals surface area (Å²) in [5.41, 5.74) is 0. The number of piperidine rings is 1. The SMILES string of the molecule is CC(=O)Nc1nonc1NC(=O)C1CCN(C2CCS(=O)(=O)C2)CC1. The molecule has 10 nitrogen and oxygen atoms in total. The lowest BCUT2D eigenvalue weighted by molar-refractivity contribution is -0.121. The highest BCUT2D eigenvalue weighted by atomic mass is 32.2. The van der Waals surface area contributed by atoms with Crippen molar-refractivity contribution in [1.82, 2.24) is 15.2 Å². The Labute approximate surface area is 145 Å². The van der Waals surface area contributed by atoms with Gasteiger partial charge in [-0.15, -0.1) is 0 Å². The molecular formula is C14H21N5O5S. The van der Waals surface area contributed by atoms with Crippen molar-refractivity contribution in [1.29, 1.82) is 0 Å². The van der Waals surface area contributed by atoms with Crippen molar-refractivity contribution in [2.45, 2.75) is 32.2 Å². The fraction of sp³-hybridized carbons (Fsp3) is 0.714. The first kappa shape index (κ1) is 17.8. The fourth-order valence-electron chi connectivity index (χ4n) is 3.33. The number of aromatic nitrogens is 2. The van der Waals surface area contributed by atoms with E-state index in [4.69, 9.17) is 0 Å². The molecule has 3 rings (SSSR count). The highest BCUT2D eigenvalue weighted by Gasteiger charge is 2.35. The third kappa shape index (κ3) is 4.34. The van der Waals surface area contributed by atoms with Gasteiger partial charge in [0.2, 0.25) is 23.5 Å². The molecule has 11 heteroatoms. The lowest BCUT2D eigenvalue weighted by Gasteiger charge is -2.34. The molecule has 2 amide bonds. The summed E-state index contributed by atoms with van der Waals surface area (Å²) in [4.78, 5) is 25.6.